The van der Waals surface area contributed by atoms with Crippen molar-refractivity contribution in [2.24, 2.45) is 11.5 Å². The molecule has 0 unspecified atom stereocenters. The lowest BCUT2D eigenvalue weighted by molar-refractivity contribution is 0.283. The van der Waals surface area contributed by atoms with E-state index >= 15 is 0 Å². The first-order valence-electron chi connectivity index (χ1n) is 5.45. The maximum absolute atomic E-state index is 8.25. The van der Waals surface area contributed by atoms with E-state index in [1.54, 1.807) is 0 Å². The molecule has 0 aliphatic heterocycles. The molecule has 4 heteroatoms. The highest BCUT2D eigenvalue weighted by Crippen LogP contribution is 1.89. The molecule has 4 nitrogen and oxygen atoms in total. The summed E-state index contributed by atoms with van der Waals surface area (Å²) in [6, 6.07) is 0. The molecule has 0 aliphatic rings. The van der Waals surface area contributed by atoms with Gasteiger partial charge in [0, 0.05) is 13.2 Å². The minimum absolute atomic E-state index is 0.306. The molecule has 0 saturated heterocycles. The number of unbranched alkanes of at least 4 members (excludes halogenated alkanes) is 4. The average molecular weight is 206 g/mol. The van der Waals surface area contributed by atoms with Crippen LogP contribution < -0.4 is 11.5 Å². The quantitative estimate of drug-likeness (QED) is 0.427. The second-order valence-corrected chi connectivity index (χ2v) is 3.15. The molecule has 0 amide bonds. The van der Waals surface area contributed by atoms with Crippen molar-refractivity contribution in [3.8, 4) is 0 Å². The second-order valence-electron chi connectivity index (χ2n) is 3.15. The zero-order valence-corrected chi connectivity index (χ0v) is 9.12. The fraction of sp³-hybridized carbons (Fsp3) is 1.00. The molecular formula is C10H26N2O2. The molecule has 0 aromatic rings. The number of rotatable bonds is 8. The molecule has 0 spiro atoms. The molecule has 88 valence electrons. The summed E-state index contributed by atoms with van der Waals surface area (Å²) in [7, 11) is 0. The van der Waals surface area contributed by atoms with Crippen LogP contribution in [0.2, 0.25) is 0 Å². The predicted octanol–water partition coefficient (Wildman–Crippen LogP) is 0.215. The van der Waals surface area contributed by atoms with Crippen LogP contribution in [-0.2, 0) is 0 Å². The molecule has 0 heterocycles. The molecule has 0 aliphatic carbocycles. The topological polar surface area (TPSA) is 92.5 Å². The van der Waals surface area contributed by atoms with E-state index in [-0.39, 0.29) is 0 Å². The van der Waals surface area contributed by atoms with E-state index in [2.05, 4.69) is 0 Å². The fourth-order valence-electron chi connectivity index (χ4n) is 0.866. The highest BCUT2D eigenvalue weighted by atomic mass is 16.3. The molecule has 0 radical (unpaired) electrons. The number of aliphatic hydroxyl groups is 2. The Bertz CT molecular complexity index is 64.5. The van der Waals surface area contributed by atoms with Gasteiger partial charge < -0.3 is 21.7 Å². The van der Waals surface area contributed by atoms with Crippen LogP contribution in [0.4, 0.5) is 0 Å². The molecular weight excluding hydrogens is 180 g/mol. The molecule has 0 aromatic carbocycles. The van der Waals surface area contributed by atoms with Gasteiger partial charge in [0.25, 0.3) is 0 Å². The smallest absolute Gasteiger partial charge is 0.0431 e. The van der Waals surface area contributed by atoms with Gasteiger partial charge in [-0.3, -0.25) is 0 Å². The molecule has 0 bridgehead atoms. The van der Waals surface area contributed by atoms with E-state index in [9.17, 15) is 0 Å². The van der Waals surface area contributed by atoms with Gasteiger partial charge in [0.2, 0.25) is 0 Å². The van der Waals surface area contributed by atoms with Crippen LogP contribution in [0.3, 0.4) is 0 Å². The number of hydrogen-bond donors (Lipinski definition) is 4. The summed E-state index contributed by atoms with van der Waals surface area (Å²) < 4.78 is 0. The van der Waals surface area contributed by atoms with Gasteiger partial charge in [0.1, 0.15) is 0 Å². The third-order valence-electron chi connectivity index (χ3n) is 1.72. The largest absolute Gasteiger partial charge is 0.396 e. The Morgan fingerprint density at radius 1 is 0.571 bits per heavy atom. The molecule has 6 N–H and O–H groups in total. The van der Waals surface area contributed by atoms with Gasteiger partial charge in [-0.05, 0) is 51.6 Å². The van der Waals surface area contributed by atoms with E-state index in [0.717, 1.165) is 51.6 Å². The summed E-state index contributed by atoms with van der Waals surface area (Å²) in [5.41, 5.74) is 10.4. The van der Waals surface area contributed by atoms with Gasteiger partial charge in [-0.2, -0.15) is 0 Å². The Morgan fingerprint density at radius 3 is 1.14 bits per heavy atom. The fourth-order valence-corrected chi connectivity index (χ4v) is 0.866. The normalized spacial score (nSPS) is 9.43. The van der Waals surface area contributed by atoms with Crippen LogP contribution in [0.15, 0.2) is 0 Å². The first-order valence-corrected chi connectivity index (χ1v) is 5.45. The van der Waals surface area contributed by atoms with Crippen LogP contribution in [0.1, 0.15) is 38.5 Å². The van der Waals surface area contributed by atoms with Gasteiger partial charge in [0.05, 0.1) is 0 Å². The van der Waals surface area contributed by atoms with Gasteiger partial charge in [-0.15, -0.1) is 0 Å². The van der Waals surface area contributed by atoms with Crippen molar-refractivity contribution in [3.05, 3.63) is 0 Å². The Hall–Kier alpha value is -0.160. The van der Waals surface area contributed by atoms with Crippen LogP contribution in [0.5, 0.6) is 0 Å². The van der Waals surface area contributed by atoms with Crippen molar-refractivity contribution in [1.29, 1.82) is 0 Å². The third-order valence-corrected chi connectivity index (χ3v) is 1.72. The molecule has 0 atom stereocenters. The first-order chi connectivity index (χ1) is 6.83. The van der Waals surface area contributed by atoms with Crippen LogP contribution in [0.25, 0.3) is 0 Å². The first kappa shape index (κ1) is 16.3. The summed E-state index contributed by atoms with van der Waals surface area (Å²) in [4.78, 5) is 0. The van der Waals surface area contributed by atoms with E-state index < -0.39 is 0 Å². The molecule has 0 fully saturated rings. The van der Waals surface area contributed by atoms with E-state index in [1.165, 1.54) is 0 Å². The molecule has 14 heavy (non-hydrogen) atoms. The number of aliphatic hydroxyl groups excluding tert-OH is 2. The van der Waals surface area contributed by atoms with Crippen molar-refractivity contribution in [1.82, 2.24) is 0 Å². The lowest BCUT2D eigenvalue weighted by Gasteiger charge is -1.90. The van der Waals surface area contributed by atoms with Crippen LogP contribution >= 0.6 is 0 Å². The SMILES string of the molecule is NCCCCCO.NCCCCCO. The van der Waals surface area contributed by atoms with Gasteiger partial charge >= 0.3 is 0 Å². The summed E-state index contributed by atoms with van der Waals surface area (Å²) in [6.45, 7) is 2.11. The van der Waals surface area contributed by atoms with Crippen molar-refractivity contribution < 1.29 is 10.2 Å². The summed E-state index contributed by atoms with van der Waals surface area (Å²) in [5, 5.41) is 16.5. The zero-order valence-electron chi connectivity index (χ0n) is 9.12. The van der Waals surface area contributed by atoms with E-state index in [0.29, 0.717) is 13.2 Å². The summed E-state index contributed by atoms with van der Waals surface area (Å²) in [5.74, 6) is 0. The highest BCUT2D eigenvalue weighted by Gasteiger charge is 1.81. The Labute approximate surface area is 87.3 Å². The maximum Gasteiger partial charge on any atom is 0.0431 e. The standard InChI is InChI=1S/2C5H13NO/c2*6-4-2-1-3-5-7/h2*7H,1-6H2. The summed E-state index contributed by atoms with van der Waals surface area (Å²) in [6.07, 6.45) is 6.01. The van der Waals surface area contributed by atoms with Crippen molar-refractivity contribution in [2.45, 2.75) is 38.5 Å². The monoisotopic (exact) mass is 206 g/mol. The average Bonchev–Trinajstić information content (AvgIpc) is 2.21. The van der Waals surface area contributed by atoms with Crippen molar-refractivity contribution >= 4 is 0 Å². The zero-order chi connectivity index (χ0) is 11.1. The van der Waals surface area contributed by atoms with E-state index in [4.69, 9.17) is 21.7 Å². The molecule has 0 rings (SSSR count). The van der Waals surface area contributed by atoms with Crippen molar-refractivity contribution in [2.75, 3.05) is 26.3 Å². The Morgan fingerprint density at radius 2 is 0.929 bits per heavy atom. The lowest BCUT2D eigenvalue weighted by Crippen LogP contribution is -1.98. The number of nitrogens with two attached hydrogens (primary N) is 2. The second kappa shape index (κ2) is 18.6. The van der Waals surface area contributed by atoms with Crippen molar-refractivity contribution in [3.63, 3.8) is 0 Å². The minimum Gasteiger partial charge on any atom is -0.396 e. The minimum atomic E-state index is 0.306. The number of hydrogen-bond acceptors (Lipinski definition) is 4. The Kier molecular flexibility index (Phi) is 21.6. The third kappa shape index (κ3) is 22.6. The van der Waals surface area contributed by atoms with E-state index in [1.807, 2.05) is 0 Å². The van der Waals surface area contributed by atoms with Gasteiger partial charge in [0.15, 0.2) is 0 Å². The van der Waals surface area contributed by atoms with Gasteiger partial charge in [-0.1, -0.05) is 0 Å². The lowest BCUT2D eigenvalue weighted by atomic mass is 10.2. The molecule has 0 aromatic heterocycles. The predicted molar refractivity (Wildman–Crippen MR) is 60.0 cm³/mol. The van der Waals surface area contributed by atoms with Crippen LogP contribution in [0, 0.1) is 0 Å². The molecule has 0 saturated carbocycles. The highest BCUT2D eigenvalue weighted by molar-refractivity contribution is 4.39. The maximum atomic E-state index is 8.25. The van der Waals surface area contributed by atoms with Gasteiger partial charge in [-0.25, -0.2) is 0 Å². The Balaban J connectivity index is 0. The van der Waals surface area contributed by atoms with Crippen LogP contribution in [-0.4, -0.2) is 36.5 Å². The summed E-state index contributed by atoms with van der Waals surface area (Å²) >= 11 is 0.